The van der Waals surface area contributed by atoms with Crippen LogP contribution in [0.5, 0.6) is 0 Å². The Morgan fingerprint density at radius 1 is 1.08 bits per heavy atom. The van der Waals surface area contributed by atoms with E-state index in [1.165, 1.54) is 32.1 Å². The molecule has 2 saturated carbocycles. The quantitative estimate of drug-likeness (QED) is 0.219. The molecule has 0 bridgehead atoms. The Hall–Kier alpha value is -0.530. The molecule has 5 nitrogen and oxygen atoms in total. The molecule has 2 rings (SSSR count). The molecule has 0 aliphatic heterocycles. The highest BCUT2D eigenvalue weighted by Gasteiger charge is 2.34. The summed E-state index contributed by atoms with van der Waals surface area (Å²) in [6.45, 7) is 7.77. The van der Waals surface area contributed by atoms with Crippen molar-refractivity contribution >= 4 is 35.8 Å². The second-order valence-electron chi connectivity index (χ2n) is 7.10. The zero-order valence-electron chi connectivity index (χ0n) is 15.3. The van der Waals surface area contributed by atoms with Crippen molar-refractivity contribution < 1.29 is 4.79 Å². The Kier molecular flexibility index (Phi) is 10.0. The van der Waals surface area contributed by atoms with Crippen molar-refractivity contribution in [1.82, 2.24) is 16.0 Å². The van der Waals surface area contributed by atoms with E-state index >= 15 is 0 Å². The standard InChI is InChI=1S/C18H34N4O.HI/c1-3-18(10-6-11-18)14-22-17(19-4-2)21-13-7-12-20-16(23)15-8-5-9-15;/h15H,3-14H2,1-2H3,(H,20,23)(H2,19,21,22);1H. The average Bonchev–Trinajstić information content (AvgIpc) is 2.44. The second kappa shape index (κ2) is 11.2. The van der Waals surface area contributed by atoms with Crippen LogP contribution in [0, 0.1) is 11.3 Å². The molecule has 0 saturated heterocycles. The van der Waals surface area contributed by atoms with Gasteiger partial charge < -0.3 is 16.0 Å². The van der Waals surface area contributed by atoms with Crippen molar-refractivity contribution in [2.24, 2.45) is 16.3 Å². The summed E-state index contributed by atoms with van der Waals surface area (Å²) in [5, 5.41) is 9.73. The lowest BCUT2D eigenvalue weighted by Crippen LogP contribution is -2.41. The first-order valence-corrected chi connectivity index (χ1v) is 9.49. The molecule has 2 aliphatic rings. The summed E-state index contributed by atoms with van der Waals surface area (Å²) in [5.74, 6) is 1.44. The van der Waals surface area contributed by atoms with E-state index in [1.807, 2.05) is 0 Å². The topological polar surface area (TPSA) is 65.5 Å². The number of carbonyl (C=O) groups excluding carboxylic acids is 1. The van der Waals surface area contributed by atoms with Gasteiger partial charge in [-0.2, -0.15) is 0 Å². The normalized spacial score (nSPS) is 19.5. The Labute approximate surface area is 164 Å². The number of aliphatic imine (C=N–C) groups is 1. The van der Waals surface area contributed by atoms with Crippen LogP contribution in [-0.4, -0.2) is 38.0 Å². The molecule has 0 aromatic heterocycles. The van der Waals surface area contributed by atoms with E-state index in [2.05, 4.69) is 29.8 Å². The molecule has 0 aromatic rings. The van der Waals surface area contributed by atoms with Crippen LogP contribution >= 0.6 is 24.0 Å². The summed E-state index contributed by atoms with van der Waals surface area (Å²) >= 11 is 0. The van der Waals surface area contributed by atoms with E-state index in [1.54, 1.807) is 0 Å². The van der Waals surface area contributed by atoms with E-state index in [9.17, 15) is 4.79 Å². The minimum absolute atomic E-state index is 0. The molecule has 0 atom stereocenters. The first kappa shape index (κ1) is 21.5. The lowest BCUT2D eigenvalue weighted by atomic mass is 9.67. The van der Waals surface area contributed by atoms with Gasteiger partial charge >= 0.3 is 0 Å². The zero-order chi connectivity index (χ0) is 16.5. The first-order valence-electron chi connectivity index (χ1n) is 9.49. The van der Waals surface area contributed by atoms with E-state index in [4.69, 9.17) is 4.99 Å². The molecule has 2 aliphatic carbocycles. The number of carbonyl (C=O) groups is 1. The summed E-state index contributed by atoms with van der Waals surface area (Å²) < 4.78 is 0. The van der Waals surface area contributed by atoms with Gasteiger partial charge in [0.2, 0.25) is 5.91 Å². The Bertz CT molecular complexity index is 400. The highest BCUT2D eigenvalue weighted by molar-refractivity contribution is 14.0. The van der Waals surface area contributed by atoms with Gasteiger partial charge in [-0.05, 0) is 50.9 Å². The van der Waals surface area contributed by atoms with Crippen molar-refractivity contribution in [2.45, 2.75) is 65.2 Å². The number of guanidine groups is 1. The first-order chi connectivity index (χ1) is 11.2. The van der Waals surface area contributed by atoms with Crippen LogP contribution in [0.15, 0.2) is 4.99 Å². The van der Waals surface area contributed by atoms with Crippen LogP contribution in [0.3, 0.4) is 0 Å². The Balaban J connectivity index is 0.00000288. The van der Waals surface area contributed by atoms with Crippen molar-refractivity contribution in [2.75, 3.05) is 26.2 Å². The maximum absolute atomic E-state index is 11.7. The van der Waals surface area contributed by atoms with Crippen LogP contribution in [0.1, 0.15) is 65.2 Å². The van der Waals surface area contributed by atoms with Crippen LogP contribution < -0.4 is 16.0 Å². The number of hydrogen-bond acceptors (Lipinski definition) is 2. The largest absolute Gasteiger partial charge is 0.357 e. The minimum Gasteiger partial charge on any atom is -0.357 e. The van der Waals surface area contributed by atoms with Gasteiger partial charge in [0, 0.05) is 32.1 Å². The van der Waals surface area contributed by atoms with E-state index in [0.29, 0.717) is 5.41 Å². The van der Waals surface area contributed by atoms with E-state index in [0.717, 1.165) is 51.4 Å². The highest BCUT2D eigenvalue weighted by Crippen LogP contribution is 2.43. The molecular weight excluding hydrogens is 415 g/mol. The Morgan fingerprint density at radius 2 is 1.79 bits per heavy atom. The molecule has 0 aromatic carbocycles. The Morgan fingerprint density at radius 3 is 2.29 bits per heavy atom. The average molecular weight is 450 g/mol. The molecule has 3 N–H and O–H groups in total. The maximum atomic E-state index is 11.7. The molecule has 0 heterocycles. The highest BCUT2D eigenvalue weighted by atomic mass is 127. The van der Waals surface area contributed by atoms with Gasteiger partial charge in [0.05, 0.1) is 0 Å². The zero-order valence-corrected chi connectivity index (χ0v) is 17.7. The molecule has 0 unspecified atom stereocenters. The van der Waals surface area contributed by atoms with E-state index < -0.39 is 0 Å². The van der Waals surface area contributed by atoms with Crippen molar-refractivity contribution in [3.8, 4) is 0 Å². The molecular formula is C18H35IN4O. The fourth-order valence-electron chi connectivity index (χ4n) is 3.21. The summed E-state index contributed by atoms with van der Waals surface area (Å²) in [4.78, 5) is 16.5. The molecule has 0 radical (unpaired) electrons. The summed E-state index contributed by atoms with van der Waals surface area (Å²) in [5.41, 5.74) is 0.457. The lowest BCUT2D eigenvalue weighted by molar-refractivity contribution is -0.127. The maximum Gasteiger partial charge on any atom is 0.223 e. The van der Waals surface area contributed by atoms with Crippen molar-refractivity contribution in [1.29, 1.82) is 0 Å². The van der Waals surface area contributed by atoms with Crippen LogP contribution in [-0.2, 0) is 4.79 Å². The van der Waals surface area contributed by atoms with Crippen LogP contribution in [0.4, 0.5) is 0 Å². The third-order valence-electron chi connectivity index (χ3n) is 5.50. The predicted octanol–water partition coefficient (Wildman–Crippen LogP) is 3.05. The minimum atomic E-state index is 0. The number of nitrogens with zero attached hydrogens (tertiary/aromatic N) is 1. The van der Waals surface area contributed by atoms with Crippen molar-refractivity contribution in [3.05, 3.63) is 0 Å². The van der Waals surface area contributed by atoms with Crippen LogP contribution in [0.2, 0.25) is 0 Å². The second-order valence-corrected chi connectivity index (χ2v) is 7.10. The summed E-state index contributed by atoms with van der Waals surface area (Å²) in [6.07, 6.45) is 9.50. The number of amides is 1. The summed E-state index contributed by atoms with van der Waals surface area (Å²) in [7, 11) is 0. The van der Waals surface area contributed by atoms with Crippen molar-refractivity contribution in [3.63, 3.8) is 0 Å². The van der Waals surface area contributed by atoms with Gasteiger partial charge in [-0.25, -0.2) is 0 Å². The molecule has 6 heteroatoms. The third-order valence-corrected chi connectivity index (χ3v) is 5.50. The molecule has 0 spiro atoms. The van der Waals surface area contributed by atoms with Gasteiger partial charge in [0.1, 0.15) is 0 Å². The predicted molar refractivity (Wildman–Crippen MR) is 111 cm³/mol. The molecule has 1 amide bonds. The van der Waals surface area contributed by atoms with E-state index in [-0.39, 0.29) is 35.8 Å². The lowest BCUT2D eigenvalue weighted by Gasteiger charge is -2.40. The van der Waals surface area contributed by atoms with Gasteiger partial charge in [-0.1, -0.05) is 19.8 Å². The smallest absolute Gasteiger partial charge is 0.223 e. The van der Waals surface area contributed by atoms with Gasteiger partial charge in [-0.3, -0.25) is 9.79 Å². The number of rotatable bonds is 9. The molecule has 2 fully saturated rings. The molecule has 140 valence electrons. The van der Waals surface area contributed by atoms with Gasteiger partial charge in [0.15, 0.2) is 5.96 Å². The van der Waals surface area contributed by atoms with Gasteiger partial charge in [-0.15, -0.1) is 24.0 Å². The third kappa shape index (κ3) is 6.41. The number of halogens is 1. The summed E-state index contributed by atoms with van der Waals surface area (Å²) in [6, 6.07) is 0. The fraction of sp³-hybridized carbons (Fsp3) is 0.889. The monoisotopic (exact) mass is 450 g/mol. The number of nitrogens with one attached hydrogen (secondary N) is 3. The molecule has 24 heavy (non-hydrogen) atoms. The SMILES string of the molecule is CCNC(=NCC1(CC)CCC1)NCCCNC(=O)C1CCC1.I. The van der Waals surface area contributed by atoms with Gasteiger partial charge in [0.25, 0.3) is 0 Å². The van der Waals surface area contributed by atoms with Crippen LogP contribution in [0.25, 0.3) is 0 Å². The fourth-order valence-corrected chi connectivity index (χ4v) is 3.21. The number of hydrogen-bond donors (Lipinski definition) is 3.